The molecule has 0 unspecified atom stereocenters. The van der Waals surface area contributed by atoms with Crippen molar-refractivity contribution >= 4 is 38.6 Å². The highest BCUT2D eigenvalue weighted by Crippen LogP contribution is 2.25. The van der Waals surface area contributed by atoms with Gasteiger partial charge in [0.05, 0.1) is 17.5 Å². The number of carbonyl (C=O) groups is 1. The van der Waals surface area contributed by atoms with Crippen LogP contribution in [0.25, 0.3) is 17.0 Å². The maximum absolute atomic E-state index is 13.1. The van der Waals surface area contributed by atoms with Gasteiger partial charge in [0.25, 0.3) is 0 Å². The minimum atomic E-state index is -3.50. The third-order valence-corrected chi connectivity index (χ3v) is 6.38. The molecule has 1 fully saturated rings. The van der Waals surface area contributed by atoms with E-state index in [1.165, 1.54) is 18.2 Å². The van der Waals surface area contributed by atoms with Gasteiger partial charge in [-0.25, -0.2) is 12.8 Å². The van der Waals surface area contributed by atoms with Crippen molar-refractivity contribution in [3.8, 4) is 0 Å². The van der Waals surface area contributed by atoms with Crippen molar-refractivity contribution in [2.75, 3.05) is 30.6 Å². The third kappa shape index (κ3) is 5.98. The first-order valence-corrected chi connectivity index (χ1v) is 12.9. The predicted octanol–water partition coefficient (Wildman–Crippen LogP) is 3.49. The molecular formula is C25H27FN4O3S. The summed E-state index contributed by atoms with van der Waals surface area (Å²) < 4.78 is 39.4. The van der Waals surface area contributed by atoms with Crippen molar-refractivity contribution in [3.63, 3.8) is 0 Å². The lowest BCUT2D eigenvalue weighted by Crippen LogP contribution is -2.53. The van der Waals surface area contributed by atoms with Crippen molar-refractivity contribution < 1.29 is 17.6 Å². The zero-order chi connectivity index (χ0) is 24.3. The molecule has 3 aromatic rings. The second kappa shape index (κ2) is 9.90. The number of nitrogens with one attached hydrogen (secondary N) is 1. The molecule has 1 N–H and O–H groups in total. The van der Waals surface area contributed by atoms with E-state index >= 15 is 0 Å². The second-order valence-corrected chi connectivity index (χ2v) is 10.3. The first-order valence-electron chi connectivity index (χ1n) is 11.0. The fourth-order valence-corrected chi connectivity index (χ4v) is 4.75. The summed E-state index contributed by atoms with van der Waals surface area (Å²) in [6.45, 7) is 4.69. The number of anilines is 1. The Kier molecular flexibility index (Phi) is 6.95. The zero-order valence-electron chi connectivity index (χ0n) is 19.1. The van der Waals surface area contributed by atoms with Gasteiger partial charge in [-0.3, -0.25) is 19.4 Å². The fraction of sp³-hybridized carbons (Fsp3) is 0.280. The Morgan fingerprint density at radius 3 is 2.68 bits per heavy atom. The van der Waals surface area contributed by atoms with Crippen LogP contribution in [-0.4, -0.2) is 61.0 Å². The van der Waals surface area contributed by atoms with Crippen LogP contribution in [0.3, 0.4) is 0 Å². The number of hydrogen-bond donors (Lipinski definition) is 1. The molecule has 178 valence electrons. The van der Waals surface area contributed by atoms with Gasteiger partial charge in [0, 0.05) is 55.4 Å². The number of aromatic nitrogens is 1. The topological polar surface area (TPSA) is 82.6 Å². The molecule has 0 spiro atoms. The van der Waals surface area contributed by atoms with Gasteiger partial charge in [-0.2, -0.15) is 0 Å². The number of pyridine rings is 1. The summed E-state index contributed by atoms with van der Waals surface area (Å²) in [5.41, 5.74) is 2.69. The van der Waals surface area contributed by atoms with E-state index in [1.807, 2.05) is 13.0 Å². The van der Waals surface area contributed by atoms with Gasteiger partial charge in [0.2, 0.25) is 15.9 Å². The summed E-state index contributed by atoms with van der Waals surface area (Å²) in [5, 5.41) is 0.794. The number of hydrogen-bond acceptors (Lipinski definition) is 5. The van der Waals surface area contributed by atoms with Crippen molar-refractivity contribution in [2.24, 2.45) is 0 Å². The number of amides is 1. The Labute approximate surface area is 199 Å². The first kappa shape index (κ1) is 23.8. The molecule has 0 radical (unpaired) electrons. The molecule has 1 aliphatic rings. The molecule has 4 rings (SSSR count). The van der Waals surface area contributed by atoms with E-state index in [0.717, 1.165) is 17.2 Å². The highest BCUT2D eigenvalue weighted by atomic mass is 32.2. The molecule has 1 amide bonds. The molecule has 7 nitrogen and oxygen atoms in total. The van der Waals surface area contributed by atoms with E-state index in [-0.39, 0.29) is 17.8 Å². The summed E-state index contributed by atoms with van der Waals surface area (Å²) in [4.78, 5) is 21.3. The van der Waals surface area contributed by atoms with Crippen molar-refractivity contribution in [1.82, 2.24) is 14.8 Å². The largest absolute Gasteiger partial charge is 0.334 e. The number of halogens is 1. The SMILES string of the molecule is C[C@@H]1CN(Cc2ccc(F)cc2)CCN1C(=O)C=Cc1cc2ncccc2cc1NS(C)(=O)=O. The lowest BCUT2D eigenvalue weighted by Gasteiger charge is -2.39. The van der Waals surface area contributed by atoms with Crippen molar-refractivity contribution in [2.45, 2.75) is 19.5 Å². The molecule has 1 aliphatic heterocycles. The van der Waals surface area contributed by atoms with Crippen LogP contribution in [0.5, 0.6) is 0 Å². The van der Waals surface area contributed by atoms with Gasteiger partial charge >= 0.3 is 0 Å². The van der Waals surface area contributed by atoms with Crippen LogP contribution < -0.4 is 4.72 Å². The number of nitrogens with zero attached hydrogens (tertiary/aromatic N) is 3. The summed E-state index contributed by atoms with van der Waals surface area (Å²) in [7, 11) is -3.50. The Balaban J connectivity index is 1.47. The van der Waals surface area contributed by atoms with E-state index in [0.29, 0.717) is 42.9 Å². The average Bonchev–Trinajstić information content (AvgIpc) is 2.78. The van der Waals surface area contributed by atoms with E-state index in [9.17, 15) is 17.6 Å². The second-order valence-electron chi connectivity index (χ2n) is 8.59. The minimum absolute atomic E-state index is 0.00164. The molecule has 2 aromatic carbocycles. The van der Waals surface area contributed by atoms with Crippen LogP contribution in [0.1, 0.15) is 18.1 Å². The molecule has 1 saturated heterocycles. The van der Waals surface area contributed by atoms with Gasteiger partial charge in [-0.15, -0.1) is 0 Å². The van der Waals surface area contributed by atoms with Crippen molar-refractivity contribution in [1.29, 1.82) is 0 Å². The van der Waals surface area contributed by atoms with Crippen LogP contribution in [0, 0.1) is 5.82 Å². The van der Waals surface area contributed by atoms with E-state index in [1.54, 1.807) is 47.5 Å². The van der Waals surface area contributed by atoms with E-state index in [4.69, 9.17) is 0 Å². The number of benzene rings is 2. The standard InChI is InChI=1S/C25H27FN4O3S/c1-18-16-29(17-19-5-8-22(26)9-6-19)12-13-30(18)25(31)10-7-21-14-23-20(4-3-11-27-23)15-24(21)28-34(2,32)33/h3-11,14-15,18,28H,12-13,16-17H2,1-2H3/t18-/m1/s1. The molecule has 1 aromatic heterocycles. The number of piperazine rings is 1. The normalized spacial score (nSPS) is 17.4. The van der Waals surface area contributed by atoms with Crippen LogP contribution in [0.4, 0.5) is 10.1 Å². The fourth-order valence-electron chi connectivity index (χ4n) is 4.17. The summed E-state index contributed by atoms with van der Waals surface area (Å²) >= 11 is 0. The van der Waals surface area contributed by atoms with Crippen LogP contribution in [-0.2, 0) is 21.4 Å². The van der Waals surface area contributed by atoms with Gasteiger partial charge in [0.15, 0.2) is 0 Å². The van der Waals surface area contributed by atoms with E-state index in [2.05, 4.69) is 14.6 Å². The van der Waals surface area contributed by atoms with Crippen molar-refractivity contribution in [3.05, 3.63) is 77.7 Å². The highest BCUT2D eigenvalue weighted by Gasteiger charge is 2.26. The lowest BCUT2D eigenvalue weighted by atomic mass is 10.1. The average molecular weight is 483 g/mol. The number of fused-ring (bicyclic) bond motifs is 1. The Bertz CT molecular complexity index is 1330. The molecule has 0 saturated carbocycles. The minimum Gasteiger partial charge on any atom is -0.334 e. The molecule has 34 heavy (non-hydrogen) atoms. The quantitative estimate of drug-likeness (QED) is 0.544. The number of carbonyl (C=O) groups excluding carboxylic acids is 1. The maximum atomic E-state index is 13.1. The molecule has 2 heterocycles. The maximum Gasteiger partial charge on any atom is 0.246 e. The van der Waals surface area contributed by atoms with E-state index < -0.39 is 10.0 Å². The van der Waals surface area contributed by atoms with Gasteiger partial charge in [0.1, 0.15) is 5.82 Å². The first-order chi connectivity index (χ1) is 16.2. The zero-order valence-corrected chi connectivity index (χ0v) is 19.9. The molecule has 9 heteroatoms. The monoisotopic (exact) mass is 482 g/mol. The summed E-state index contributed by atoms with van der Waals surface area (Å²) in [6.07, 6.45) is 5.86. The molecule has 0 bridgehead atoms. The van der Waals surface area contributed by atoms with Gasteiger partial charge < -0.3 is 4.90 Å². The van der Waals surface area contributed by atoms with Gasteiger partial charge in [-0.05, 0) is 48.9 Å². The molecule has 1 atom stereocenters. The number of rotatable bonds is 6. The van der Waals surface area contributed by atoms with Gasteiger partial charge in [-0.1, -0.05) is 18.2 Å². The molecule has 0 aliphatic carbocycles. The summed E-state index contributed by atoms with van der Waals surface area (Å²) in [5.74, 6) is -0.392. The number of sulfonamides is 1. The third-order valence-electron chi connectivity index (χ3n) is 5.79. The van der Waals surface area contributed by atoms with Crippen LogP contribution in [0.2, 0.25) is 0 Å². The lowest BCUT2D eigenvalue weighted by molar-refractivity contribution is -0.130. The van der Waals surface area contributed by atoms with Crippen LogP contribution >= 0.6 is 0 Å². The molecular weight excluding hydrogens is 455 g/mol. The Morgan fingerprint density at radius 2 is 1.97 bits per heavy atom. The summed E-state index contributed by atoms with van der Waals surface area (Å²) in [6, 6.07) is 13.6. The van der Waals surface area contributed by atoms with Crippen LogP contribution in [0.15, 0.2) is 60.8 Å². The smallest absolute Gasteiger partial charge is 0.246 e. The Morgan fingerprint density at radius 1 is 1.21 bits per heavy atom. The Hall–Kier alpha value is -3.30. The predicted molar refractivity (Wildman–Crippen MR) is 132 cm³/mol. The highest BCUT2D eigenvalue weighted by molar-refractivity contribution is 7.92.